The highest BCUT2D eigenvalue weighted by Gasteiger charge is 2.44. The molecule has 1 N–H and O–H groups in total. The summed E-state index contributed by atoms with van der Waals surface area (Å²) in [4.78, 5) is 16.6. The van der Waals surface area contributed by atoms with Crippen LogP contribution < -0.4 is 5.32 Å². The number of hydrogen-bond acceptors (Lipinski definition) is 3. The molecule has 0 spiro atoms. The lowest BCUT2D eigenvalue weighted by molar-refractivity contribution is -0.132. The monoisotopic (exact) mass is 255 g/mol. The molecular weight excluding hydrogens is 226 g/mol. The number of nitrogens with zero attached hydrogens (tertiary/aromatic N) is 2. The highest BCUT2D eigenvalue weighted by Crippen LogP contribution is 2.23. The van der Waals surface area contributed by atoms with Gasteiger partial charge in [0.1, 0.15) is 0 Å². The fourth-order valence-electron chi connectivity index (χ4n) is 2.39. The molecule has 0 radical (unpaired) electrons. The van der Waals surface area contributed by atoms with Gasteiger partial charge in [0.15, 0.2) is 0 Å². The molecule has 106 valence electrons. The minimum Gasteiger partial charge on any atom is -0.326 e. The number of carbonyl (C=O) groups is 1. The summed E-state index contributed by atoms with van der Waals surface area (Å²) < 4.78 is 0. The van der Waals surface area contributed by atoms with Gasteiger partial charge >= 0.3 is 0 Å². The summed E-state index contributed by atoms with van der Waals surface area (Å²) in [6, 6.07) is 0.565. The number of rotatable bonds is 6. The lowest BCUT2D eigenvalue weighted by Gasteiger charge is -2.25. The van der Waals surface area contributed by atoms with Gasteiger partial charge in [0, 0.05) is 12.6 Å². The smallest absolute Gasteiger partial charge is 0.243 e. The fraction of sp³-hybridized carbons (Fsp3) is 0.929. The van der Waals surface area contributed by atoms with E-state index in [1.165, 1.54) is 0 Å². The van der Waals surface area contributed by atoms with Crippen molar-refractivity contribution in [2.75, 3.05) is 20.1 Å². The van der Waals surface area contributed by atoms with E-state index in [-0.39, 0.29) is 17.6 Å². The summed E-state index contributed by atoms with van der Waals surface area (Å²) >= 11 is 0. The summed E-state index contributed by atoms with van der Waals surface area (Å²) in [6.45, 7) is 12.4. The Morgan fingerprint density at radius 2 is 2.11 bits per heavy atom. The molecule has 1 saturated heterocycles. The van der Waals surface area contributed by atoms with Crippen molar-refractivity contribution in [3.63, 3.8) is 0 Å². The number of nitrogens with one attached hydrogen (secondary N) is 1. The summed E-state index contributed by atoms with van der Waals surface area (Å²) in [6.07, 6.45) is 2.04. The number of carbonyl (C=O) groups excluding carboxylic acids is 1. The van der Waals surface area contributed by atoms with Gasteiger partial charge in [0.25, 0.3) is 0 Å². The van der Waals surface area contributed by atoms with Crippen molar-refractivity contribution in [2.24, 2.45) is 0 Å². The summed E-state index contributed by atoms with van der Waals surface area (Å²) in [5, 5.41) is 3.40. The standard InChI is InChI=1S/C14H29N3O/c1-7-14(5)13(18)17(12(4)15-14)10-8-9-16(6)11(2)3/h11-12,15H,7-10H2,1-6H3. The maximum atomic E-state index is 12.3. The van der Waals surface area contributed by atoms with Crippen LogP contribution in [-0.2, 0) is 4.79 Å². The molecule has 0 saturated carbocycles. The lowest BCUT2D eigenvalue weighted by Crippen LogP contribution is -2.43. The molecule has 2 atom stereocenters. The van der Waals surface area contributed by atoms with Gasteiger partial charge in [-0.2, -0.15) is 0 Å². The Morgan fingerprint density at radius 3 is 2.56 bits per heavy atom. The van der Waals surface area contributed by atoms with Crippen molar-refractivity contribution < 1.29 is 4.79 Å². The third kappa shape index (κ3) is 3.23. The molecule has 0 bridgehead atoms. The highest BCUT2D eigenvalue weighted by molar-refractivity contribution is 5.88. The first-order valence-electron chi connectivity index (χ1n) is 7.11. The topological polar surface area (TPSA) is 35.6 Å². The van der Waals surface area contributed by atoms with Gasteiger partial charge in [-0.25, -0.2) is 0 Å². The third-order valence-corrected chi connectivity index (χ3v) is 4.23. The van der Waals surface area contributed by atoms with Crippen LogP contribution in [0.2, 0.25) is 0 Å². The second-order valence-corrected chi connectivity index (χ2v) is 5.93. The molecule has 2 unspecified atom stereocenters. The Balaban J connectivity index is 2.46. The van der Waals surface area contributed by atoms with E-state index >= 15 is 0 Å². The van der Waals surface area contributed by atoms with Crippen molar-refractivity contribution in [2.45, 2.75) is 65.2 Å². The van der Waals surface area contributed by atoms with Gasteiger partial charge in [0.05, 0.1) is 11.7 Å². The first-order chi connectivity index (χ1) is 8.31. The second kappa shape index (κ2) is 6.02. The first kappa shape index (κ1) is 15.4. The molecule has 1 fully saturated rings. The minimum absolute atomic E-state index is 0.159. The van der Waals surface area contributed by atoms with Crippen LogP contribution in [0.3, 0.4) is 0 Å². The van der Waals surface area contributed by atoms with E-state index in [4.69, 9.17) is 0 Å². The number of amides is 1. The van der Waals surface area contributed by atoms with Crippen LogP contribution in [0.5, 0.6) is 0 Å². The molecule has 4 nitrogen and oxygen atoms in total. The van der Waals surface area contributed by atoms with Crippen molar-refractivity contribution in [1.82, 2.24) is 15.1 Å². The van der Waals surface area contributed by atoms with Crippen LogP contribution in [0.1, 0.15) is 47.5 Å². The van der Waals surface area contributed by atoms with Crippen LogP contribution in [0, 0.1) is 0 Å². The van der Waals surface area contributed by atoms with Gasteiger partial charge in [0.2, 0.25) is 5.91 Å². The molecule has 1 amide bonds. The Bertz CT molecular complexity index is 293. The molecule has 0 aromatic carbocycles. The van der Waals surface area contributed by atoms with Crippen LogP contribution in [0.25, 0.3) is 0 Å². The summed E-state index contributed by atoms with van der Waals surface area (Å²) in [7, 11) is 2.13. The fourth-order valence-corrected chi connectivity index (χ4v) is 2.39. The van der Waals surface area contributed by atoms with E-state index < -0.39 is 0 Å². The highest BCUT2D eigenvalue weighted by atomic mass is 16.2. The maximum Gasteiger partial charge on any atom is 0.243 e. The first-order valence-corrected chi connectivity index (χ1v) is 7.11. The normalized spacial score (nSPS) is 28.8. The molecule has 18 heavy (non-hydrogen) atoms. The van der Waals surface area contributed by atoms with Gasteiger partial charge in [-0.3, -0.25) is 10.1 Å². The Hall–Kier alpha value is -0.610. The van der Waals surface area contributed by atoms with E-state index in [9.17, 15) is 4.79 Å². The van der Waals surface area contributed by atoms with Crippen molar-refractivity contribution in [3.8, 4) is 0 Å². The van der Waals surface area contributed by atoms with Gasteiger partial charge in [-0.15, -0.1) is 0 Å². The van der Waals surface area contributed by atoms with E-state index in [1.807, 2.05) is 11.8 Å². The van der Waals surface area contributed by atoms with Crippen molar-refractivity contribution >= 4 is 5.91 Å². The third-order valence-electron chi connectivity index (χ3n) is 4.23. The predicted molar refractivity (Wildman–Crippen MR) is 75.4 cm³/mol. The average molecular weight is 255 g/mol. The Kier molecular flexibility index (Phi) is 5.17. The van der Waals surface area contributed by atoms with E-state index in [1.54, 1.807) is 0 Å². The van der Waals surface area contributed by atoms with Crippen molar-refractivity contribution in [1.29, 1.82) is 0 Å². The quantitative estimate of drug-likeness (QED) is 0.784. The average Bonchev–Trinajstić information content (AvgIpc) is 2.52. The van der Waals surface area contributed by atoms with Crippen molar-refractivity contribution in [3.05, 3.63) is 0 Å². The maximum absolute atomic E-state index is 12.3. The molecule has 0 aliphatic carbocycles. The zero-order chi connectivity index (χ0) is 13.9. The minimum atomic E-state index is -0.358. The van der Waals surface area contributed by atoms with Gasteiger partial charge in [-0.05, 0) is 54.1 Å². The molecule has 0 aromatic rings. The molecule has 0 aromatic heterocycles. The molecule has 1 heterocycles. The van der Waals surface area contributed by atoms with E-state index in [2.05, 4.69) is 45.0 Å². The summed E-state index contributed by atoms with van der Waals surface area (Å²) in [5.41, 5.74) is -0.358. The van der Waals surface area contributed by atoms with Gasteiger partial charge in [-0.1, -0.05) is 6.92 Å². The SMILES string of the molecule is CCC1(C)NC(C)N(CCCN(C)C(C)C)C1=O. The Labute approximate surface area is 112 Å². The summed E-state index contributed by atoms with van der Waals surface area (Å²) in [5.74, 6) is 0.254. The van der Waals surface area contributed by atoms with Gasteiger partial charge < -0.3 is 9.80 Å². The molecule has 1 aliphatic heterocycles. The predicted octanol–water partition coefficient (Wildman–Crippen LogP) is 1.66. The largest absolute Gasteiger partial charge is 0.326 e. The molecular formula is C14H29N3O. The molecule has 1 aliphatic rings. The zero-order valence-electron chi connectivity index (χ0n) is 12.8. The van der Waals surface area contributed by atoms with Crippen LogP contribution in [-0.4, -0.2) is 53.6 Å². The Morgan fingerprint density at radius 1 is 1.50 bits per heavy atom. The van der Waals surface area contributed by atoms with Crippen LogP contribution in [0.4, 0.5) is 0 Å². The molecule has 1 rings (SSSR count). The van der Waals surface area contributed by atoms with E-state index in [0.717, 1.165) is 25.9 Å². The molecule has 4 heteroatoms. The second-order valence-electron chi connectivity index (χ2n) is 5.93. The van der Waals surface area contributed by atoms with Crippen LogP contribution in [0.15, 0.2) is 0 Å². The zero-order valence-corrected chi connectivity index (χ0v) is 12.8. The van der Waals surface area contributed by atoms with E-state index in [0.29, 0.717) is 6.04 Å². The van der Waals surface area contributed by atoms with Crippen LogP contribution >= 0.6 is 0 Å². The lowest BCUT2D eigenvalue weighted by atomic mass is 9.99. The number of hydrogen-bond donors (Lipinski definition) is 1.